The summed E-state index contributed by atoms with van der Waals surface area (Å²) >= 11 is 0. The molecule has 0 radical (unpaired) electrons. The van der Waals surface area contributed by atoms with E-state index < -0.39 is 7.26 Å². The van der Waals surface area contributed by atoms with Gasteiger partial charge in [-0.2, -0.15) is 0 Å². The minimum atomic E-state index is -2.10. The highest BCUT2D eigenvalue weighted by Crippen LogP contribution is 2.58. The molecule has 0 aliphatic carbocycles. The summed E-state index contributed by atoms with van der Waals surface area (Å²) < 4.78 is 0. The van der Waals surface area contributed by atoms with Gasteiger partial charge in [0.1, 0.15) is 23.2 Å². The fourth-order valence-corrected chi connectivity index (χ4v) is 8.73. The van der Waals surface area contributed by atoms with Crippen LogP contribution in [0.4, 0.5) is 5.69 Å². The van der Waals surface area contributed by atoms with Gasteiger partial charge >= 0.3 is 0 Å². The summed E-state index contributed by atoms with van der Waals surface area (Å²) in [5.74, 6) is 0. The van der Waals surface area contributed by atoms with Crippen molar-refractivity contribution in [1.82, 2.24) is 0 Å². The van der Waals surface area contributed by atoms with Crippen LogP contribution in [0, 0.1) is 10.1 Å². The predicted octanol–water partition coefficient (Wildman–Crippen LogP) is 6.39. The first kappa shape index (κ1) is 22.9. The maximum Gasteiger partial charge on any atom is 0.273 e. The molecule has 0 bridgehead atoms. The summed E-state index contributed by atoms with van der Waals surface area (Å²) in [5.41, 5.74) is 1.65. The average Bonchev–Trinajstić information content (AvgIpc) is 2.83. The van der Waals surface area contributed by atoms with Crippen LogP contribution in [0.2, 0.25) is 0 Å². The molecule has 4 heteroatoms. The van der Waals surface area contributed by atoms with Crippen LogP contribution >= 0.6 is 7.26 Å². The van der Waals surface area contributed by atoms with Crippen LogP contribution in [0.1, 0.15) is 31.9 Å². The molecule has 4 aromatic carbocycles. The minimum absolute atomic E-state index is 0.201. The molecule has 0 aliphatic heterocycles. The smallest absolute Gasteiger partial charge is 0.258 e. The molecule has 4 aromatic rings. The van der Waals surface area contributed by atoms with Crippen molar-refractivity contribution in [2.24, 2.45) is 0 Å². The molecule has 0 unspecified atom stereocenters. The van der Waals surface area contributed by atoms with Crippen molar-refractivity contribution in [2.75, 3.05) is 0 Å². The number of nitrogens with zero attached hydrogens (tertiary/aromatic N) is 1. The molecule has 33 heavy (non-hydrogen) atoms. The second kappa shape index (κ2) is 9.29. The Morgan fingerprint density at radius 3 is 1.48 bits per heavy atom. The molecule has 0 spiro atoms. The van der Waals surface area contributed by atoms with Crippen molar-refractivity contribution in [3.63, 3.8) is 0 Å². The van der Waals surface area contributed by atoms with Gasteiger partial charge in [0.2, 0.25) is 0 Å². The highest BCUT2D eigenvalue weighted by molar-refractivity contribution is 7.95. The number of rotatable bonds is 6. The van der Waals surface area contributed by atoms with Gasteiger partial charge in [0.25, 0.3) is 5.69 Å². The van der Waals surface area contributed by atoms with Gasteiger partial charge in [-0.3, -0.25) is 10.1 Å². The number of benzene rings is 4. The third-order valence-electron chi connectivity index (χ3n) is 6.08. The molecule has 4 rings (SSSR count). The van der Waals surface area contributed by atoms with Crippen molar-refractivity contribution in [3.05, 3.63) is 130 Å². The molecule has 0 N–H and O–H groups in total. The molecule has 0 aromatic heterocycles. The van der Waals surface area contributed by atoms with Crippen LogP contribution in [-0.2, 0) is 11.6 Å². The lowest BCUT2D eigenvalue weighted by Gasteiger charge is -2.28. The molecule has 3 nitrogen and oxygen atoms in total. The zero-order valence-corrected chi connectivity index (χ0v) is 20.2. The summed E-state index contributed by atoms with van der Waals surface area (Å²) in [5, 5.41) is 15.8. The quantitative estimate of drug-likeness (QED) is 0.193. The third-order valence-corrected chi connectivity index (χ3v) is 10.5. The van der Waals surface area contributed by atoms with E-state index in [1.807, 2.05) is 45.0 Å². The lowest BCUT2D eigenvalue weighted by atomic mass is 9.85. The first-order valence-electron chi connectivity index (χ1n) is 11.1. The summed E-state index contributed by atoms with van der Waals surface area (Å²) in [6, 6.07) is 37.6. The Labute approximate surface area is 196 Å². The van der Waals surface area contributed by atoms with E-state index in [4.69, 9.17) is 0 Å². The molecule has 0 fully saturated rings. The van der Waals surface area contributed by atoms with Crippen LogP contribution in [0.25, 0.3) is 0 Å². The van der Waals surface area contributed by atoms with Gasteiger partial charge in [0.15, 0.2) is 0 Å². The lowest BCUT2D eigenvalue weighted by molar-refractivity contribution is -0.386. The zero-order chi connectivity index (χ0) is 23.5. The van der Waals surface area contributed by atoms with Crippen molar-refractivity contribution >= 4 is 28.9 Å². The van der Waals surface area contributed by atoms with Crippen LogP contribution in [-0.4, -0.2) is 4.92 Å². The third kappa shape index (κ3) is 4.60. The summed E-state index contributed by atoms with van der Waals surface area (Å²) in [4.78, 5) is 11.8. The van der Waals surface area contributed by atoms with E-state index >= 15 is 0 Å². The van der Waals surface area contributed by atoms with Gasteiger partial charge < -0.3 is 0 Å². The van der Waals surface area contributed by atoms with Gasteiger partial charge in [-0.15, -0.1) is 0 Å². The number of hydrogen-bond acceptors (Lipinski definition) is 2. The van der Waals surface area contributed by atoms with Gasteiger partial charge in [0, 0.05) is 11.6 Å². The standard InChI is InChI=1S/C29H29NO2P/c1-29(2,3)27-20-19-23(21-28(27)30(31)32)22-33(24-13-7-4-8-14-24,25-15-9-5-10-16-25)26-17-11-6-12-18-26/h4-21H,22H2,1-3H3/q+1. The SMILES string of the molecule is CC(C)(C)c1ccc(C[P+](c2ccccc2)(c2ccccc2)c2ccccc2)cc1[N+](=O)[O-]. The Hall–Kier alpha value is -3.29. The largest absolute Gasteiger partial charge is 0.273 e. The minimum Gasteiger partial charge on any atom is -0.258 e. The van der Waals surface area contributed by atoms with E-state index in [9.17, 15) is 10.1 Å². The van der Waals surface area contributed by atoms with Gasteiger partial charge in [-0.25, -0.2) is 0 Å². The lowest BCUT2D eigenvalue weighted by Crippen LogP contribution is -2.32. The topological polar surface area (TPSA) is 43.1 Å². The average molecular weight is 455 g/mol. The van der Waals surface area contributed by atoms with Crippen LogP contribution in [0.5, 0.6) is 0 Å². The molecular formula is C29H29NO2P+. The first-order chi connectivity index (χ1) is 15.8. The predicted molar refractivity (Wildman–Crippen MR) is 141 cm³/mol. The first-order valence-corrected chi connectivity index (χ1v) is 13.1. The Morgan fingerprint density at radius 1 is 0.697 bits per heavy atom. The number of nitro benzene ring substituents is 1. The molecular weight excluding hydrogens is 425 g/mol. The van der Waals surface area contributed by atoms with E-state index in [0.717, 1.165) is 17.3 Å². The van der Waals surface area contributed by atoms with Gasteiger partial charge in [0.05, 0.1) is 11.1 Å². The van der Waals surface area contributed by atoms with Gasteiger partial charge in [-0.1, -0.05) is 87.5 Å². The second-order valence-electron chi connectivity index (χ2n) is 9.33. The van der Waals surface area contributed by atoms with E-state index in [-0.39, 0.29) is 16.0 Å². The number of hydrogen-bond donors (Lipinski definition) is 0. The molecule has 0 amide bonds. The fraction of sp³-hybridized carbons (Fsp3) is 0.172. The molecule has 0 aliphatic rings. The Morgan fingerprint density at radius 2 is 1.12 bits per heavy atom. The van der Waals surface area contributed by atoms with E-state index in [1.54, 1.807) is 6.07 Å². The maximum atomic E-state index is 12.0. The van der Waals surface area contributed by atoms with Crippen molar-refractivity contribution in [2.45, 2.75) is 32.3 Å². The van der Waals surface area contributed by atoms with Crippen molar-refractivity contribution in [3.8, 4) is 0 Å². The monoisotopic (exact) mass is 454 g/mol. The Bertz CT molecular complexity index is 1140. The molecule has 0 saturated heterocycles. The van der Waals surface area contributed by atoms with Crippen LogP contribution in [0.15, 0.2) is 109 Å². The molecule has 0 heterocycles. The van der Waals surface area contributed by atoms with E-state index in [0.29, 0.717) is 0 Å². The van der Waals surface area contributed by atoms with E-state index in [1.165, 1.54) is 15.9 Å². The van der Waals surface area contributed by atoms with Crippen LogP contribution in [0.3, 0.4) is 0 Å². The van der Waals surface area contributed by atoms with Crippen molar-refractivity contribution < 1.29 is 4.92 Å². The summed E-state index contributed by atoms with van der Waals surface area (Å²) in [7, 11) is -2.10. The Kier molecular flexibility index (Phi) is 6.44. The molecule has 0 saturated carbocycles. The fourth-order valence-electron chi connectivity index (χ4n) is 4.50. The maximum absolute atomic E-state index is 12.0. The highest BCUT2D eigenvalue weighted by Gasteiger charge is 2.45. The molecule has 166 valence electrons. The Balaban J connectivity index is 1.97. The normalized spacial score (nSPS) is 11.8. The van der Waals surface area contributed by atoms with Gasteiger partial charge in [-0.05, 0) is 47.4 Å². The van der Waals surface area contributed by atoms with E-state index in [2.05, 4.69) is 78.9 Å². The summed E-state index contributed by atoms with van der Waals surface area (Å²) in [6.45, 7) is 6.05. The van der Waals surface area contributed by atoms with Crippen molar-refractivity contribution in [1.29, 1.82) is 0 Å². The highest BCUT2D eigenvalue weighted by atomic mass is 31.2. The van der Waals surface area contributed by atoms with Crippen LogP contribution < -0.4 is 15.9 Å². The second-order valence-corrected chi connectivity index (χ2v) is 12.8. The zero-order valence-electron chi connectivity index (χ0n) is 19.3. The summed E-state index contributed by atoms with van der Waals surface area (Å²) in [6.07, 6.45) is 0.719. The molecule has 0 atom stereocenters. The number of nitro groups is 1.